The summed E-state index contributed by atoms with van der Waals surface area (Å²) in [7, 11) is 0. The number of nitrogens with zero attached hydrogens (tertiary/aromatic N) is 6. The van der Waals surface area contributed by atoms with Crippen LogP contribution < -0.4 is 11.1 Å². The Morgan fingerprint density at radius 2 is 2.06 bits per heavy atom. The van der Waals surface area contributed by atoms with Crippen LogP contribution in [-0.2, 0) is 4.74 Å². The highest BCUT2D eigenvalue weighted by molar-refractivity contribution is 5.91. The first-order valence-electron chi connectivity index (χ1n) is 11.3. The number of carbonyl (C=O) groups excluding carboxylic acids is 1. The molecule has 5 N–H and O–H groups in total. The normalized spacial score (nSPS) is 21.9. The molecule has 1 fully saturated rings. The van der Waals surface area contributed by atoms with E-state index < -0.39 is 30.3 Å². The van der Waals surface area contributed by atoms with Crippen molar-refractivity contribution in [3.8, 4) is 0 Å². The third-order valence-corrected chi connectivity index (χ3v) is 6.13. The minimum atomic E-state index is -1.06. The number of carbonyl (C=O) groups is 1. The van der Waals surface area contributed by atoms with Crippen molar-refractivity contribution in [2.24, 2.45) is 0 Å². The second-order valence-electron chi connectivity index (χ2n) is 8.53. The van der Waals surface area contributed by atoms with E-state index in [1.165, 1.54) is 6.33 Å². The number of nitrogens with one attached hydrogen (secondary N) is 1. The maximum absolute atomic E-state index is 12.1. The largest absolute Gasteiger partial charge is 0.462 e. The first-order valence-corrected chi connectivity index (χ1v) is 11.3. The van der Waals surface area contributed by atoms with Crippen LogP contribution in [-0.4, -0.2) is 64.3 Å². The minimum Gasteiger partial charge on any atom is -0.462 e. The number of benzene rings is 1. The molecular weight excluding hydrogens is 452 g/mol. The molecule has 12 nitrogen and oxygen atoms in total. The van der Waals surface area contributed by atoms with E-state index in [9.17, 15) is 15.0 Å². The molecule has 0 amide bonds. The van der Waals surface area contributed by atoms with E-state index in [2.05, 4.69) is 25.4 Å². The second kappa shape index (κ2) is 8.96. The third kappa shape index (κ3) is 4.17. The van der Waals surface area contributed by atoms with E-state index in [-0.39, 0.29) is 18.4 Å². The number of esters is 1. The lowest BCUT2D eigenvalue weighted by Crippen LogP contribution is -2.30. The van der Waals surface area contributed by atoms with Gasteiger partial charge in [0.15, 0.2) is 11.5 Å². The Bertz CT molecular complexity index is 1380. The van der Waals surface area contributed by atoms with Crippen molar-refractivity contribution in [3.05, 3.63) is 54.1 Å². The molecule has 12 heteroatoms. The second-order valence-corrected chi connectivity index (χ2v) is 8.53. The first kappa shape index (κ1) is 22.7. The number of ether oxygens (including phenoxy) is 1. The van der Waals surface area contributed by atoms with Crippen molar-refractivity contribution in [1.82, 2.24) is 29.3 Å². The topological polar surface area (TPSA) is 166 Å². The van der Waals surface area contributed by atoms with E-state index in [4.69, 9.17) is 10.5 Å². The average molecular weight is 479 g/mol. The van der Waals surface area contributed by atoms with Crippen LogP contribution in [0.25, 0.3) is 11.2 Å². The zero-order valence-corrected chi connectivity index (χ0v) is 19.2. The standard InChI is InChI=1S/C23H26N8O4/c1-3-35-22(34)13-5-4-6-14(7-13)27-23-28-20(24)17-21(29-23)30(11-25-17)15-8-16(19(33)18(15)32)31-10-12(2)9-26-31/h4-7,9-11,15-16,18-19,32-33H,3,8H2,1-2H3,(H3,24,27,28,29)/t15-,16+,18+,19-/m1/s1. The molecule has 0 aliphatic heterocycles. The summed E-state index contributed by atoms with van der Waals surface area (Å²) < 4.78 is 8.43. The minimum absolute atomic E-state index is 0.157. The number of hydrogen-bond donors (Lipinski definition) is 4. The number of rotatable bonds is 6. The molecule has 182 valence electrons. The van der Waals surface area contributed by atoms with Crippen molar-refractivity contribution in [1.29, 1.82) is 0 Å². The summed E-state index contributed by atoms with van der Waals surface area (Å²) in [5.74, 6) is -0.0732. The van der Waals surface area contributed by atoms with Gasteiger partial charge in [-0.05, 0) is 44.0 Å². The molecule has 0 spiro atoms. The Morgan fingerprint density at radius 3 is 2.80 bits per heavy atom. The number of imidazole rings is 1. The molecule has 5 rings (SSSR count). The number of fused-ring (bicyclic) bond motifs is 1. The number of nitrogens with two attached hydrogens (primary N) is 1. The highest BCUT2D eigenvalue weighted by atomic mass is 16.5. The van der Waals surface area contributed by atoms with Gasteiger partial charge in [0.25, 0.3) is 0 Å². The number of aryl methyl sites for hydroxylation is 1. The van der Waals surface area contributed by atoms with Gasteiger partial charge in [-0.3, -0.25) is 4.68 Å². The number of aliphatic hydroxyl groups excluding tert-OH is 2. The quantitative estimate of drug-likeness (QED) is 0.300. The molecule has 1 aliphatic carbocycles. The lowest BCUT2D eigenvalue weighted by atomic mass is 10.2. The number of nitrogen functional groups attached to an aromatic ring is 1. The summed E-state index contributed by atoms with van der Waals surface area (Å²) in [4.78, 5) is 25.3. The summed E-state index contributed by atoms with van der Waals surface area (Å²) in [6.07, 6.45) is 3.43. The van der Waals surface area contributed by atoms with Crippen LogP contribution >= 0.6 is 0 Å². The number of aliphatic hydroxyl groups is 2. The van der Waals surface area contributed by atoms with Crippen molar-refractivity contribution < 1.29 is 19.7 Å². The molecule has 1 saturated carbocycles. The Balaban J connectivity index is 1.46. The summed E-state index contributed by atoms with van der Waals surface area (Å²) in [6, 6.07) is 5.86. The third-order valence-electron chi connectivity index (χ3n) is 6.13. The van der Waals surface area contributed by atoms with Gasteiger partial charge in [-0.2, -0.15) is 15.1 Å². The highest BCUT2D eigenvalue weighted by Gasteiger charge is 2.44. The predicted molar refractivity (Wildman–Crippen MR) is 127 cm³/mol. The van der Waals surface area contributed by atoms with Gasteiger partial charge in [-0.15, -0.1) is 0 Å². The Hall–Kier alpha value is -4.03. The molecular formula is C23H26N8O4. The average Bonchev–Trinajstić information content (AvgIpc) is 3.53. The first-order chi connectivity index (χ1) is 16.9. The van der Waals surface area contributed by atoms with E-state index >= 15 is 0 Å². The SMILES string of the molecule is CCOC(=O)c1cccc(Nc2nc(N)c3ncn([C@@H]4C[C@H](n5cc(C)cn5)[C@@H](O)[C@H]4O)c3n2)c1. The molecule has 0 saturated heterocycles. The smallest absolute Gasteiger partial charge is 0.338 e. The Kier molecular flexibility index (Phi) is 5.83. The summed E-state index contributed by atoms with van der Waals surface area (Å²) in [6.45, 7) is 3.94. The van der Waals surface area contributed by atoms with Crippen LogP contribution in [0.4, 0.5) is 17.5 Å². The highest BCUT2D eigenvalue weighted by Crippen LogP contribution is 2.39. The van der Waals surface area contributed by atoms with Crippen molar-refractivity contribution in [3.63, 3.8) is 0 Å². The lowest BCUT2D eigenvalue weighted by Gasteiger charge is -2.18. The zero-order valence-electron chi connectivity index (χ0n) is 19.2. The van der Waals surface area contributed by atoms with Crippen LogP contribution in [0.5, 0.6) is 0 Å². The molecule has 1 aromatic carbocycles. The monoisotopic (exact) mass is 478 g/mol. The van der Waals surface area contributed by atoms with Gasteiger partial charge in [0.05, 0.1) is 36.8 Å². The van der Waals surface area contributed by atoms with Crippen molar-refractivity contribution in [2.75, 3.05) is 17.7 Å². The molecule has 1 aliphatic rings. The van der Waals surface area contributed by atoms with Gasteiger partial charge in [0.2, 0.25) is 5.95 Å². The zero-order chi connectivity index (χ0) is 24.7. The molecule has 3 heterocycles. The fourth-order valence-corrected chi connectivity index (χ4v) is 4.44. The van der Waals surface area contributed by atoms with Crippen molar-refractivity contribution >= 4 is 34.6 Å². The van der Waals surface area contributed by atoms with Crippen LogP contribution in [0.15, 0.2) is 43.0 Å². The van der Waals surface area contributed by atoms with Crippen LogP contribution in [0.3, 0.4) is 0 Å². The lowest BCUT2D eigenvalue weighted by molar-refractivity contribution is 0.00722. The van der Waals surface area contributed by atoms with Gasteiger partial charge in [-0.25, -0.2) is 9.78 Å². The van der Waals surface area contributed by atoms with Gasteiger partial charge in [0.1, 0.15) is 17.7 Å². The van der Waals surface area contributed by atoms with Gasteiger partial charge in [-0.1, -0.05) is 6.07 Å². The van der Waals surface area contributed by atoms with Crippen LogP contribution in [0.2, 0.25) is 0 Å². The van der Waals surface area contributed by atoms with E-state index in [0.29, 0.717) is 28.8 Å². The Labute approximate surface area is 200 Å². The molecule has 0 unspecified atom stereocenters. The Morgan fingerprint density at radius 1 is 1.26 bits per heavy atom. The molecule has 35 heavy (non-hydrogen) atoms. The van der Waals surface area contributed by atoms with Gasteiger partial charge >= 0.3 is 5.97 Å². The van der Waals surface area contributed by atoms with Crippen LogP contribution in [0, 0.1) is 6.92 Å². The van der Waals surface area contributed by atoms with Gasteiger partial charge in [0, 0.05) is 11.9 Å². The predicted octanol–water partition coefficient (Wildman–Crippen LogP) is 1.74. The number of aromatic nitrogens is 6. The number of hydrogen-bond acceptors (Lipinski definition) is 10. The number of anilines is 3. The fourth-order valence-electron chi connectivity index (χ4n) is 4.44. The molecule has 0 radical (unpaired) electrons. The fraction of sp³-hybridized carbons (Fsp3) is 0.348. The maximum atomic E-state index is 12.1. The summed E-state index contributed by atoms with van der Waals surface area (Å²) >= 11 is 0. The van der Waals surface area contributed by atoms with E-state index in [1.54, 1.807) is 46.6 Å². The molecule has 3 aromatic heterocycles. The maximum Gasteiger partial charge on any atom is 0.338 e. The molecule has 0 bridgehead atoms. The molecule has 4 aromatic rings. The van der Waals surface area contributed by atoms with Crippen LogP contribution in [0.1, 0.15) is 41.3 Å². The van der Waals surface area contributed by atoms with Crippen molar-refractivity contribution in [2.45, 2.75) is 44.6 Å². The summed E-state index contributed by atoms with van der Waals surface area (Å²) in [5, 5.41) is 28.9. The van der Waals surface area contributed by atoms with E-state index in [1.807, 2.05) is 13.1 Å². The summed E-state index contributed by atoms with van der Waals surface area (Å²) in [5.41, 5.74) is 8.88. The van der Waals surface area contributed by atoms with E-state index in [0.717, 1.165) is 5.56 Å². The van der Waals surface area contributed by atoms with Gasteiger partial charge < -0.3 is 30.6 Å². The molecule has 4 atom stereocenters.